The molecule has 0 amide bonds. The average molecular weight is 285 g/mol. The Labute approximate surface area is 123 Å². The Bertz CT molecular complexity index is 654. The SMILES string of the molecule is CCCCCc1ccc(-c2ccc(C#N)c(F)c2F)cc1. The first-order chi connectivity index (χ1) is 10.2. The number of benzene rings is 2. The van der Waals surface area contributed by atoms with E-state index in [-0.39, 0.29) is 11.1 Å². The van der Waals surface area contributed by atoms with E-state index in [4.69, 9.17) is 5.26 Å². The van der Waals surface area contributed by atoms with Crippen molar-refractivity contribution >= 4 is 0 Å². The lowest BCUT2D eigenvalue weighted by Crippen LogP contribution is -1.94. The lowest BCUT2D eigenvalue weighted by atomic mass is 10.00. The Balaban J connectivity index is 2.23. The molecule has 0 heterocycles. The third kappa shape index (κ3) is 3.46. The van der Waals surface area contributed by atoms with Gasteiger partial charge in [0.25, 0.3) is 0 Å². The lowest BCUT2D eigenvalue weighted by Gasteiger charge is -2.07. The molecule has 0 N–H and O–H groups in total. The van der Waals surface area contributed by atoms with E-state index in [9.17, 15) is 8.78 Å². The van der Waals surface area contributed by atoms with Gasteiger partial charge in [0.2, 0.25) is 0 Å². The van der Waals surface area contributed by atoms with Gasteiger partial charge in [-0.2, -0.15) is 5.26 Å². The van der Waals surface area contributed by atoms with Crippen LogP contribution in [0.5, 0.6) is 0 Å². The summed E-state index contributed by atoms with van der Waals surface area (Å²) >= 11 is 0. The van der Waals surface area contributed by atoms with Crippen molar-refractivity contribution < 1.29 is 8.78 Å². The van der Waals surface area contributed by atoms with E-state index in [1.807, 2.05) is 12.1 Å². The maximum Gasteiger partial charge on any atom is 0.177 e. The summed E-state index contributed by atoms with van der Waals surface area (Å²) in [5.74, 6) is -2.05. The third-order valence-corrected chi connectivity index (χ3v) is 3.54. The normalized spacial score (nSPS) is 10.4. The number of nitriles is 1. The summed E-state index contributed by atoms with van der Waals surface area (Å²) in [5, 5.41) is 8.69. The van der Waals surface area contributed by atoms with E-state index in [0.29, 0.717) is 5.56 Å². The van der Waals surface area contributed by atoms with Gasteiger partial charge in [-0.05, 0) is 36.1 Å². The van der Waals surface area contributed by atoms with Crippen molar-refractivity contribution in [3.05, 3.63) is 59.2 Å². The summed E-state index contributed by atoms with van der Waals surface area (Å²) in [7, 11) is 0. The lowest BCUT2D eigenvalue weighted by molar-refractivity contribution is 0.509. The van der Waals surface area contributed by atoms with Gasteiger partial charge in [0.15, 0.2) is 11.6 Å². The van der Waals surface area contributed by atoms with Crippen LogP contribution in [0.2, 0.25) is 0 Å². The molecular formula is C18H17F2N. The molecule has 0 aliphatic heterocycles. The van der Waals surface area contributed by atoms with Crippen LogP contribution in [0.1, 0.15) is 37.3 Å². The molecule has 0 saturated heterocycles. The molecule has 1 nitrogen and oxygen atoms in total. The van der Waals surface area contributed by atoms with Gasteiger partial charge >= 0.3 is 0 Å². The number of unbranched alkanes of at least 4 members (excludes halogenated alkanes) is 2. The largest absolute Gasteiger partial charge is 0.203 e. The van der Waals surface area contributed by atoms with E-state index in [2.05, 4.69) is 6.92 Å². The van der Waals surface area contributed by atoms with Gasteiger partial charge < -0.3 is 0 Å². The summed E-state index contributed by atoms with van der Waals surface area (Å²) in [5.41, 5.74) is 1.73. The molecule has 0 aliphatic rings. The molecule has 3 heteroatoms. The average Bonchev–Trinajstić information content (AvgIpc) is 2.51. The molecule has 21 heavy (non-hydrogen) atoms. The standard InChI is InChI=1S/C18H17F2N/c1-2-3-4-5-13-6-8-14(9-7-13)16-11-10-15(12-21)17(19)18(16)20/h6-11H,2-5H2,1H3. The molecule has 0 bridgehead atoms. The Hall–Kier alpha value is -2.21. The molecule has 2 aromatic rings. The maximum atomic E-state index is 14.0. The topological polar surface area (TPSA) is 23.8 Å². The molecule has 2 aromatic carbocycles. The molecule has 0 unspecified atom stereocenters. The van der Waals surface area contributed by atoms with Crippen LogP contribution in [0, 0.1) is 23.0 Å². The second kappa shape index (κ2) is 6.99. The predicted octanol–water partition coefficient (Wildman–Crippen LogP) is 5.24. The number of hydrogen-bond donors (Lipinski definition) is 0. The van der Waals surface area contributed by atoms with E-state index in [1.165, 1.54) is 30.5 Å². The van der Waals surface area contributed by atoms with E-state index < -0.39 is 11.6 Å². The number of aryl methyl sites for hydroxylation is 1. The quantitative estimate of drug-likeness (QED) is 0.689. The van der Waals surface area contributed by atoms with Crippen LogP contribution in [0.3, 0.4) is 0 Å². The highest BCUT2D eigenvalue weighted by Gasteiger charge is 2.14. The van der Waals surface area contributed by atoms with Gasteiger partial charge in [0.05, 0.1) is 5.56 Å². The highest BCUT2D eigenvalue weighted by atomic mass is 19.2. The van der Waals surface area contributed by atoms with Crippen LogP contribution in [0.15, 0.2) is 36.4 Å². The summed E-state index contributed by atoms with van der Waals surface area (Å²) in [6.07, 6.45) is 4.50. The minimum absolute atomic E-state index is 0.187. The van der Waals surface area contributed by atoms with Crippen molar-refractivity contribution in [1.82, 2.24) is 0 Å². The minimum Gasteiger partial charge on any atom is -0.203 e. The predicted molar refractivity (Wildman–Crippen MR) is 79.7 cm³/mol. The van der Waals surface area contributed by atoms with Crippen molar-refractivity contribution in [3.63, 3.8) is 0 Å². The zero-order chi connectivity index (χ0) is 15.2. The molecule has 0 aromatic heterocycles. The molecule has 2 rings (SSSR count). The van der Waals surface area contributed by atoms with E-state index in [1.54, 1.807) is 18.2 Å². The highest BCUT2D eigenvalue weighted by Crippen LogP contribution is 2.26. The summed E-state index contributed by atoms with van der Waals surface area (Å²) in [6.45, 7) is 2.16. The van der Waals surface area contributed by atoms with Crippen LogP contribution >= 0.6 is 0 Å². The van der Waals surface area contributed by atoms with Gasteiger partial charge in [-0.1, -0.05) is 44.0 Å². The fraction of sp³-hybridized carbons (Fsp3) is 0.278. The van der Waals surface area contributed by atoms with Crippen molar-refractivity contribution in [1.29, 1.82) is 5.26 Å². The van der Waals surface area contributed by atoms with Crippen LogP contribution < -0.4 is 0 Å². The smallest absolute Gasteiger partial charge is 0.177 e. The Morgan fingerprint density at radius 1 is 0.952 bits per heavy atom. The number of rotatable bonds is 5. The van der Waals surface area contributed by atoms with E-state index in [0.717, 1.165) is 12.8 Å². The Morgan fingerprint density at radius 3 is 2.29 bits per heavy atom. The van der Waals surface area contributed by atoms with Gasteiger partial charge in [0, 0.05) is 5.56 Å². The van der Waals surface area contributed by atoms with Gasteiger partial charge in [-0.25, -0.2) is 8.78 Å². The van der Waals surface area contributed by atoms with Gasteiger partial charge in [0.1, 0.15) is 6.07 Å². The molecule has 0 spiro atoms. The first kappa shape index (κ1) is 15.2. The van der Waals surface area contributed by atoms with E-state index >= 15 is 0 Å². The summed E-state index contributed by atoms with van der Waals surface area (Å²) < 4.78 is 27.6. The summed E-state index contributed by atoms with van der Waals surface area (Å²) in [4.78, 5) is 0. The first-order valence-electron chi connectivity index (χ1n) is 7.14. The maximum absolute atomic E-state index is 14.0. The second-order valence-electron chi connectivity index (χ2n) is 5.05. The fourth-order valence-corrected chi connectivity index (χ4v) is 2.29. The van der Waals surface area contributed by atoms with Crippen molar-refractivity contribution in [2.75, 3.05) is 0 Å². The Kier molecular flexibility index (Phi) is 5.05. The zero-order valence-corrected chi connectivity index (χ0v) is 12.0. The number of halogens is 2. The first-order valence-corrected chi connectivity index (χ1v) is 7.14. The summed E-state index contributed by atoms with van der Waals surface area (Å²) in [6, 6.07) is 11.9. The van der Waals surface area contributed by atoms with Crippen molar-refractivity contribution in [3.8, 4) is 17.2 Å². The van der Waals surface area contributed by atoms with Crippen LogP contribution in [0.25, 0.3) is 11.1 Å². The molecule has 0 aliphatic carbocycles. The Morgan fingerprint density at radius 2 is 1.67 bits per heavy atom. The van der Waals surface area contributed by atoms with Crippen LogP contribution in [0.4, 0.5) is 8.78 Å². The highest BCUT2D eigenvalue weighted by molar-refractivity contribution is 5.65. The number of nitrogens with zero attached hydrogens (tertiary/aromatic N) is 1. The molecule has 0 saturated carbocycles. The van der Waals surface area contributed by atoms with Gasteiger partial charge in [-0.3, -0.25) is 0 Å². The minimum atomic E-state index is -1.08. The zero-order valence-electron chi connectivity index (χ0n) is 12.0. The molecular weight excluding hydrogens is 268 g/mol. The molecule has 0 fully saturated rings. The fourth-order valence-electron chi connectivity index (χ4n) is 2.29. The monoisotopic (exact) mass is 285 g/mol. The molecule has 108 valence electrons. The van der Waals surface area contributed by atoms with Crippen molar-refractivity contribution in [2.24, 2.45) is 0 Å². The molecule has 0 atom stereocenters. The van der Waals surface area contributed by atoms with Gasteiger partial charge in [-0.15, -0.1) is 0 Å². The van der Waals surface area contributed by atoms with Crippen LogP contribution in [-0.2, 0) is 6.42 Å². The van der Waals surface area contributed by atoms with Crippen LogP contribution in [-0.4, -0.2) is 0 Å². The third-order valence-electron chi connectivity index (χ3n) is 3.54. The van der Waals surface area contributed by atoms with Crippen molar-refractivity contribution in [2.45, 2.75) is 32.6 Å². The number of hydrogen-bond acceptors (Lipinski definition) is 1. The molecule has 0 radical (unpaired) electrons. The second-order valence-corrected chi connectivity index (χ2v) is 5.05.